The number of benzene rings is 2. The molecule has 0 radical (unpaired) electrons. The van der Waals surface area contributed by atoms with Gasteiger partial charge in [-0.15, -0.1) is 0 Å². The van der Waals surface area contributed by atoms with Gasteiger partial charge >= 0.3 is 5.97 Å². The van der Waals surface area contributed by atoms with Gasteiger partial charge in [-0.1, -0.05) is 12.1 Å². The number of nitrogens with zero attached hydrogens (tertiary/aromatic N) is 2. The van der Waals surface area contributed by atoms with Crippen molar-refractivity contribution >= 4 is 16.0 Å². The summed E-state index contributed by atoms with van der Waals surface area (Å²) < 4.78 is 28.7. The summed E-state index contributed by atoms with van der Waals surface area (Å²) in [5, 5.41) is 13.0. The van der Waals surface area contributed by atoms with Crippen molar-refractivity contribution in [1.29, 1.82) is 0 Å². The second-order valence-corrected chi connectivity index (χ2v) is 7.04. The van der Waals surface area contributed by atoms with E-state index in [2.05, 4.69) is 9.82 Å². The van der Waals surface area contributed by atoms with E-state index in [1.807, 2.05) is 36.5 Å². The quantitative estimate of drug-likeness (QED) is 0.703. The first kappa shape index (κ1) is 16.9. The van der Waals surface area contributed by atoms with Gasteiger partial charge in [-0.3, -0.25) is 0 Å². The van der Waals surface area contributed by atoms with Crippen LogP contribution in [0.4, 0.5) is 0 Å². The molecule has 0 amide bonds. The minimum absolute atomic E-state index is 0.0191. The third-order valence-corrected chi connectivity index (χ3v) is 5.00. The Bertz CT molecular complexity index is 964. The van der Waals surface area contributed by atoms with Crippen molar-refractivity contribution in [3.05, 3.63) is 78.1 Å². The second-order valence-electron chi connectivity index (χ2n) is 5.27. The zero-order valence-electron chi connectivity index (χ0n) is 13.0. The molecule has 2 aromatic carbocycles. The molecule has 1 heterocycles. The third-order valence-electron chi connectivity index (χ3n) is 3.58. The van der Waals surface area contributed by atoms with E-state index in [9.17, 15) is 13.2 Å². The lowest BCUT2D eigenvalue weighted by Gasteiger charge is -2.08. The van der Waals surface area contributed by atoms with Gasteiger partial charge in [0.25, 0.3) is 0 Å². The van der Waals surface area contributed by atoms with E-state index in [-0.39, 0.29) is 17.0 Å². The topological polar surface area (TPSA) is 101 Å². The van der Waals surface area contributed by atoms with Crippen molar-refractivity contribution < 1.29 is 18.3 Å². The number of hydrogen-bond acceptors (Lipinski definition) is 4. The smallest absolute Gasteiger partial charge is 0.335 e. The number of carboxylic acids is 1. The molecule has 0 aliphatic carbocycles. The lowest BCUT2D eigenvalue weighted by molar-refractivity contribution is 0.0696. The molecule has 7 nitrogen and oxygen atoms in total. The number of aromatic nitrogens is 2. The van der Waals surface area contributed by atoms with Gasteiger partial charge in [0.1, 0.15) is 0 Å². The van der Waals surface area contributed by atoms with Crippen molar-refractivity contribution in [1.82, 2.24) is 14.5 Å². The summed E-state index contributed by atoms with van der Waals surface area (Å²) in [7, 11) is -3.71. The van der Waals surface area contributed by atoms with Gasteiger partial charge in [-0.05, 0) is 48.0 Å². The predicted molar refractivity (Wildman–Crippen MR) is 91.0 cm³/mol. The first-order valence-corrected chi connectivity index (χ1v) is 8.86. The van der Waals surface area contributed by atoms with Crippen LogP contribution in [0.1, 0.15) is 15.9 Å². The monoisotopic (exact) mass is 357 g/mol. The van der Waals surface area contributed by atoms with Gasteiger partial charge in [0.2, 0.25) is 10.0 Å². The lowest BCUT2D eigenvalue weighted by atomic mass is 10.2. The van der Waals surface area contributed by atoms with E-state index < -0.39 is 16.0 Å². The highest BCUT2D eigenvalue weighted by Crippen LogP contribution is 2.13. The molecule has 8 heteroatoms. The molecule has 2 N–H and O–H groups in total. The van der Waals surface area contributed by atoms with Crippen molar-refractivity contribution in [2.45, 2.75) is 11.4 Å². The fourth-order valence-corrected chi connectivity index (χ4v) is 3.24. The second kappa shape index (κ2) is 6.88. The molecule has 0 unspecified atom stereocenters. The molecule has 0 aliphatic rings. The molecule has 0 bridgehead atoms. The van der Waals surface area contributed by atoms with Crippen LogP contribution in [0.3, 0.4) is 0 Å². The zero-order valence-corrected chi connectivity index (χ0v) is 13.8. The SMILES string of the molecule is O=C(O)c1ccc(S(=O)(=O)NCc2ccc(-n3cccn3)cc2)cc1. The van der Waals surface area contributed by atoms with Crippen LogP contribution in [-0.2, 0) is 16.6 Å². The van der Waals surface area contributed by atoms with Crippen molar-refractivity contribution in [3.8, 4) is 5.69 Å². The Balaban J connectivity index is 1.68. The van der Waals surface area contributed by atoms with Gasteiger partial charge in [0, 0.05) is 18.9 Å². The number of sulfonamides is 1. The maximum atomic E-state index is 12.3. The van der Waals surface area contributed by atoms with E-state index in [1.54, 1.807) is 10.9 Å². The number of nitrogens with one attached hydrogen (secondary N) is 1. The molecule has 0 saturated heterocycles. The minimum atomic E-state index is -3.71. The molecular formula is C17H15N3O4S. The average Bonchev–Trinajstić information content (AvgIpc) is 3.15. The van der Waals surface area contributed by atoms with E-state index in [0.717, 1.165) is 11.3 Å². The molecule has 0 fully saturated rings. The third kappa shape index (κ3) is 3.93. The Hall–Kier alpha value is -2.97. The summed E-state index contributed by atoms with van der Waals surface area (Å²) in [6, 6.07) is 14.2. The molecule has 3 rings (SSSR count). The van der Waals surface area contributed by atoms with Crippen LogP contribution in [-0.4, -0.2) is 29.3 Å². The van der Waals surface area contributed by atoms with Crippen molar-refractivity contribution in [3.63, 3.8) is 0 Å². The largest absolute Gasteiger partial charge is 0.478 e. The number of carboxylic acid groups (broad SMARTS) is 1. The van der Waals surface area contributed by atoms with Crippen LogP contribution in [0.15, 0.2) is 71.9 Å². The van der Waals surface area contributed by atoms with E-state index in [4.69, 9.17) is 5.11 Å². The molecule has 128 valence electrons. The summed E-state index contributed by atoms with van der Waals surface area (Å²) in [4.78, 5) is 10.8. The Labute approximate surface area is 144 Å². The molecule has 3 aromatic rings. The maximum Gasteiger partial charge on any atom is 0.335 e. The fourth-order valence-electron chi connectivity index (χ4n) is 2.23. The summed E-state index contributed by atoms with van der Waals surface area (Å²) in [5.74, 6) is -1.10. The van der Waals surface area contributed by atoms with Crippen LogP contribution in [0.2, 0.25) is 0 Å². The number of carbonyl (C=O) groups is 1. The summed E-state index contributed by atoms with van der Waals surface area (Å²) in [5.41, 5.74) is 1.70. The maximum absolute atomic E-state index is 12.3. The molecular weight excluding hydrogens is 342 g/mol. The van der Waals surface area contributed by atoms with Crippen LogP contribution in [0, 0.1) is 0 Å². The lowest BCUT2D eigenvalue weighted by Crippen LogP contribution is -2.23. The van der Waals surface area contributed by atoms with Gasteiger partial charge < -0.3 is 5.11 Å². The summed E-state index contributed by atoms with van der Waals surface area (Å²) in [6.07, 6.45) is 3.50. The highest BCUT2D eigenvalue weighted by atomic mass is 32.2. The van der Waals surface area contributed by atoms with E-state index >= 15 is 0 Å². The van der Waals surface area contributed by atoms with Gasteiger partial charge in [-0.2, -0.15) is 5.10 Å². The van der Waals surface area contributed by atoms with Gasteiger partial charge in [0.05, 0.1) is 16.1 Å². The van der Waals surface area contributed by atoms with Gasteiger partial charge in [-0.25, -0.2) is 22.6 Å². The van der Waals surface area contributed by atoms with Crippen LogP contribution in [0.25, 0.3) is 5.69 Å². The number of rotatable bonds is 6. The van der Waals surface area contributed by atoms with Crippen molar-refractivity contribution in [2.75, 3.05) is 0 Å². The Kier molecular flexibility index (Phi) is 4.64. The molecule has 25 heavy (non-hydrogen) atoms. The molecule has 0 aliphatic heterocycles. The van der Waals surface area contributed by atoms with E-state index in [1.165, 1.54) is 24.3 Å². The highest BCUT2D eigenvalue weighted by Gasteiger charge is 2.14. The number of aromatic carboxylic acids is 1. The Morgan fingerprint density at radius 1 is 1.08 bits per heavy atom. The summed E-state index contributed by atoms with van der Waals surface area (Å²) in [6.45, 7) is 0.127. The summed E-state index contributed by atoms with van der Waals surface area (Å²) >= 11 is 0. The number of hydrogen-bond donors (Lipinski definition) is 2. The van der Waals surface area contributed by atoms with Crippen LogP contribution in [0.5, 0.6) is 0 Å². The average molecular weight is 357 g/mol. The normalized spacial score (nSPS) is 11.4. The zero-order chi connectivity index (χ0) is 17.9. The van der Waals surface area contributed by atoms with Gasteiger partial charge in [0.15, 0.2) is 0 Å². The van der Waals surface area contributed by atoms with Crippen LogP contribution < -0.4 is 4.72 Å². The van der Waals surface area contributed by atoms with Crippen molar-refractivity contribution in [2.24, 2.45) is 0 Å². The Morgan fingerprint density at radius 3 is 2.32 bits per heavy atom. The minimum Gasteiger partial charge on any atom is -0.478 e. The fraction of sp³-hybridized carbons (Fsp3) is 0.0588. The first-order chi connectivity index (χ1) is 12.0. The molecule has 0 spiro atoms. The Morgan fingerprint density at radius 2 is 1.76 bits per heavy atom. The molecule has 0 atom stereocenters. The first-order valence-electron chi connectivity index (χ1n) is 7.38. The standard InChI is InChI=1S/C17H15N3O4S/c21-17(22)14-4-8-16(9-5-14)25(23,24)19-12-13-2-6-15(7-3-13)20-11-1-10-18-20/h1-11,19H,12H2,(H,21,22). The predicted octanol–water partition coefficient (Wildman–Crippen LogP) is 2.05. The molecule has 1 aromatic heterocycles. The van der Waals surface area contributed by atoms with Crippen LogP contribution >= 0.6 is 0 Å². The highest BCUT2D eigenvalue weighted by molar-refractivity contribution is 7.89. The molecule has 0 saturated carbocycles. The van der Waals surface area contributed by atoms with E-state index in [0.29, 0.717) is 0 Å².